The molecule has 2 aromatic heterocycles. The van der Waals surface area contributed by atoms with Crippen molar-refractivity contribution in [1.29, 1.82) is 0 Å². The third-order valence-electron chi connectivity index (χ3n) is 4.78. The van der Waals surface area contributed by atoms with Gasteiger partial charge in [0.1, 0.15) is 0 Å². The van der Waals surface area contributed by atoms with Crippen molar-refractivity contribution in [2.75, 3.05) is 25.0 Å². The van der Waals surface area contributed by atoms with E-state index in [2.05, 4.69) is 20.0 Å². The predicted octanol–water partition coefficient (Wildman–Crippen LogP) is 1.07. The number of amides is 1. The summed E-state index contributed by atoms with van der Waals surface area (Å²) < 4.78 is 28.4. The summed E-state index contributed by atoms with van der Waals surface area (Å²) in [6.07, 6.45) is 6.05. The van der Waals surface area contributed by atoms with Crippen molar-refractivity contribution < 1.29 is 13.6 Å². The predicted molar refractivity (Wildman–Crippen MR) is 95.1 cm³/mol. The van der Waals surface area contributed by atoms with Gasteiger partial charge in [-0.05, 0) is 31.0 Å². The fourth-order valence-electron chi connectivity index (χ4n) is 3.57. The number of sulfonamides is 1. The van der Waals surface area contributed by atoms with E-state index in [9.17, 15) is 13.6 Å². The van der Waals surface area contributed by atoms with Crippen LogP contribution in [0, 0.1) is 0 Å². The van der Waals surface area contributed by atoms with Crippen LogP contribution in [0.2, 0.25) is 0 Å². The molecule has 0 saturated carbocycles. The van der Waals surface area contributed by atoms with E-state index in [0.717, 1.165) is 0 Å². The Morgan fingerprint density at radius 3 is 2.96 bits per heavy atom. The number of fused-ring (bicyclic) bond motifs is 1. The first kappa shape index (κ1) is 17.1. The van der Waals surface area contributed by atoms with Gasteiger partial charge < -0.3 is 14.8 Å². The van der Waals surface area contributed by atoms with E-state index in [1.165, 1.54) is 12.3 Å². The number of nitrogens with zero attached hydrogens (tertiary/aromatic N) is 3. The van der Waals surface area contributed by atoms with Crippen LogP contribution in [0.4, 0.5) is 5.82 Å². The van der Waals surface area contributed by atoms with Crippen LogP contribution in [0.1, 0.15) is 23.2 Å². The van der Waals surface area contributed by atoms with Gasteiger partial charge in [0.25, 0.3) is 5.91 Å². The zero-order chi connectivity index (χ0) is 18.2. The molecule has 2 aromatic rings. The fraction of sp³-hybridized carbons (Fsp3) is 0.353. The smallest absolute Gasteiger partial charge is 0.255 e. The van der Waals surface area contributed by atoms with Crippen LogP contribution in [0.15, 0.2) is 47.8 Å². The normalized spacial score (nSPS) is 28.1. The van der Waals surface area contributed by atoms with Crippen molar-refractivity contribution in [3.63, 3.8) is 0 Å². The van der Waals surface area contributed by atoms with E-state index in [4.69, 9.17) is 0 Å². The third-order valence-corrected chi connectivity index (χ3v) is 6.39. The Hall–Kier alpha value is -2.36. The highest BCUT2D eigenvalue weighted by Gasteiger charge is 2.46. The number of rotatable bonds is 1. The van der Waals surface area contributed by atoms with E-state index in [-0.39, 0.29) is 10.8 Å². The van der Waals surface area contributed by atoms with Crippen LogP contribution in [0.3, 0.4) is 0 Å². The highest BCUT2D eigenvalue weighted by Crippen LogP contribution is 2.32. The number of carbonyl (C=O) groups is 1. The van der Waals surface area contributed by atoms with Crippen LogP contribution in [0.5, 0.6) is 0 Å². The van der Waals surface area contributed by atoms with Crippen LogP contribution in [0.25, 0.3) is 0 Å². The Morgan fingerprint density at radius 2 is 2.15 bits per heavy atom. The number of carbonyl (C=O) groups excluding carboxylic acids is 1. The standard InChI is InChI=1S/C17H19N5O3S/c23-16(13-4-1-7-18-10-13)22-9-3-6-17(12-22)11-20-15-14(5-2-8-19-15)26(24,25)21-17/h1-2,4-5,7-8,10H,3,6,9,11-12H2,(H2-,19,20,21,24,25). The number of aromatic nitrogens is 2. The van der Waals surface area contributed by atoms with Crippen LogP contribution in [-0.2, 0) is 14.6 Å². The minimum atomic E-state index is -3.73. The Bertz CT molecular complexity index is 878. The van der Waals surface area contributed by atoms with Gasteiger partial charge in [-0.25, -0.2) is 4.98 Å². The lowest BCUT2D eigenvalue weighted by molar-refractivity contribution is 0.0636. The molecule has 2 N–H and O–H groups in total. The average Bonchev–Trinajstić information content (AvgIpc) is 2.76. The maximum Gasteiger partial charge on any atom is 0.255 e. The molecular weight excluding hydrogens is 354 g/mol. The quantitative estimate of drug-likeness (QED) is 0.724. The van der Waals surface area contributed by atoms with Gasteiger partial charge in [0.05, 0.1) is 11.1 Å². The zero-order valence-electron chi connectivity index (χ0n) is 14.1. The highest BCUT2D eigenvalue weighted by atomic mass is 32.3. The highest BCUT2D eigenvalue weighted by molar-refractivity contribution is 7.96. The molecule has 1 amide bonds. The molecule has 9 heteroatoms. The second kappa shape index (κ2) is 6.42. The molecule has 4 rings (SSSR count). The van der Waals surface area contributed by atoms with Crippen molar-refractivity contribution in [3.8, 4) is 0 Å². The molecule has 1 spiro atoms. The van der Waals surface area contributed by atoms with E-state index < -0.39 is 15.9 Å². The number of pyridine rings is 2. The van der Waals surface area contributed by atoms with E-state index >= 15 is 0 Å². The molecule has 0 aromatic carbocycles. The fourth-order valence-corrected chi connectivity index (χ4v) is 5.13. The van der Waals surface area contributed by atoms with E-state index in [1.54, 1.807) is 35.5 Å². The Kier molecular flexibility index (Phi) is 4.22. The molecule has 2 atom stereocenters. The molecule has 0 aliphatic carbocycles. The van der Waals surface area contributed by atoms with Gasteiger partial charge in [-0.1, -0.05) is 4.21 Å². The number of piperidine rings is 1. The monoisotopic (exact) mass is 373 g/mol. The molecule has 26 heavy (non-hydrogen) atoms. The molecule has 2 aliphatic rings. The number of hydrogen-bond donors (Lipinski definition) is 2. The van der Waals surface area contributed by atoms with Crippen molar-refractivity contribution in [1.82, 2.24) is 19.6 Å². The molecule has 0 radical (unpaired) electrons. The third kappa shape index (κ3) is 3.09. The second-order valence-corrected chi connectivity index (χ2v) is 8.31. The first-order chi connectivity index (χ1) is 12.5. The lowest BCUT2D eigenvalue weighted by atomic mass is 9.89. The number of hydrogen-bond acceptors (Lipinski definition) is 6. The molecule has 1 fully saturated rings. The van der Waals surface area contributed by atoms with Crippen LogP contribution >= 0.6 is 0 Å². The van der Waals surface area contributed by atoms with Crippen molar-refractivity contribution in [3.05, 3.63) is 48.4 Å². The van der Waals surface area contributed by atoms with Crippen LogP contribution < -0.4 is 10.0 Å². The number of nitrogens with one attached hydrogen (secondary N) is 2. The molecular formula is C17H19N5O3S. The molecule has 0 bridgehead atoms. The van der Waals surface area contributed by atoms with Gasteiger partial charge in [0, 0.05) is 44.3 Å². The van der Waals surface area contributed by atoms with Crippen molar-refractivity contribution in [2.24, 2.45) is 0 Å². The van der Waals surface area contributed by atoms with E-state index in [0.29, 0.717) is 43.9 Å². The summed E-state index contributed by atoms with van der Waals surface area (Å²) in [5.41, 5.74) is -0.269. The minimum absolute atomic E-state index is 0.132. The first-order valence-electron chi connectivity index (χ1n) is 8.41. The molecule has 4 heterocycles. The van der Waals surface area contributed by atoms with Gasteiger partial charge >= 0.3 is 0 Å². The maximum atomic E-state index is 12.8. The zero-order valence-corrected chi connectivity index (χ0v) is 14.9. The molecule has 1 saturated heterocycles. The lowest BCUT2D eigenvalue weighted by Gasteiger charge is -2.41. The summed E-state index contributed by atoms with van der Waals surface area (Å²) in [5.74, 6) is 0.198. The lowest BCUT2D eigenvalue weighted by Crippen LogP contribution is -2.63. The summed E-state index contributed by atoms with van der Waals surface area (Å²) in [5, 5.41) is 3.14. The minimum Gasteiger partial charge on any atom is -0.593 e. The maximum absolute atomic E-state index is 12.8. The summed E-state index contributed by atoms with van der Waals surface area (Å²) >= 11 is 0. The van der Waals surface area contributed by atoms with Gasteiger partial charge in [-0.3, -0.25) is 9.78 Å². The molecule has 2 unspecified atom stereocenters. The summed E-state index contributed by atoms with van der Waals surface area (Å²) in [7, 11) is -3.73. The largest absolute Gasteiger partial charge is 0.593 e. The topological polar surface area (TPSA) is 110 Å². The summed E-state index contributed by atoms with van der Waals surface area (Å²) in [6.45, 7) is 1.25. The Labute approximate surface area is 152 Å². The summed E-state index contributed by atoms with van der Waals surface area (Å²) in [6, 6.07) is 6.55. The molecule has 8 nitrogen and oxygen atoms in total. The average molecular weight is 373 g/mol. The number of anilines is 1. The van der Waals surface area contributed by atoms with Gasteiger partial charge in [0.15, 0.2) is 16.2 Å². The second-order valence-electron chi connectivity index (χ2n) is 6.66. The van der Waals surface area contributed by atoms with Crippen molar-refractivity contribution >= 4 is 22.1 Å². The van der Waals surface area contributed by atoms with Gasteiger partial charge in [0.2, 0.25) is 4.90 Å². The Morgan fingerprint density at radius 1 is 1.31 bits per heavy atom. The summed E-state index contributed by atoms with van der Waals surface area (Å²) in [4.78, 5) is 22.7. The molecule has 2 aliphatic heterocycles. The van der Waals surface area contributed by atoms with Crippen molar-refractivity contribution in [2.45, 2.75) is 23.3 Å². The Balaban J connectivity index is 1.61. The molecule has 136 valence electrons. The number of likely N-dealkylation sites (tertiary alicyclic amines) is 1. The van der Waals surface area contributed by atoms with Gasteiger partial charge in [-0.2, -0.15) is 0 Å². The van der Waals surface area contributed by atoms with E-state index in [1.807, 2.05) is 0 Å². The van der Waals surface area contributed by atoms with Gasteiger partial charge in [-0.15, -0.1) is 4.72 Å². The van der Waals surface area contributed by atoms with Crippen LogP contribution in [-0.4, -0.2) is 50.5 Å². The SMILES string of the molecule is O=C(c1cccnc1)N1CCCC2(CNc3ncccc3[S+](=O)([O-])N2)C1. The first-order valence-corrected chi connectivity index (χ1v) is 9.90.